The van der Waals surface area contributed by atoms with Gasteiger partial charge in [0.05, 0.1) is 17.4 Å². The molecule has 1 heterocycles. The van der Waals surface area contributed by atoms with E-state index < -0.39 is 0 Å². The third-order valence-corrected chi connectivity index (χ3v) is 2.93. The Hall–Kier alpha value is -1.60. The highest BCUT2D eigenvalue weighted by molar-refractivity contribution is 5.57. The fourth-order valence-electron chi connectivity index (χ4n) is 1.87. The Kier molecular flexibility index (Phi) is 5.11. The van der Waals surface area contributed by atoms with E-state index in [9.17, 15) is 0 Å². The molecule has 0 bridgehead atoms. The number of pyridine rings is 1. The Balaban J connectivity index is 3.01. The minimum atomic E-state index is 0.0255. The Morgan fingerprint density at radius 3 is 2.78 bits per heavy atom. The van der Waals surface area contributed by atoms with Crippen LogP contribution in [0.4, 0.5) is 5.69 Å². The van der Waals surface area contributed by atoms with Crippen molar-refractivity contribution in [1.29, 1.82) is 5.26 Å². The van der Waals surface area contributed by atoms with Crippen LogP contribution in [0.1, 0.15) is 32.8 Å². The van der Waals surface area contributed by atoms with Gasteiger partial charge in [0.2, 0.25) is 0 Å². The molecule has 0 saturated carbocycles. The van der Waals surface area contributed by atoms with Crippen LogP contribution in [0.5, 0.6) is 0 Å². The summed E-state index contributed by atoms with van der Waals surface area (Å²) in [5.74, 6) is 0. The van der Waals surface area contributed by atoms with E-state index in [4.69, 9.17) is 11.0 Å². The van der Waals surface area contributed by atoms with Crippen molar-refractivity contribution in [3.05, 3.63) is 24.0 Å². The molecular weight excluding hydrogens is 224 g/mol. The highest BCUT2D eigenvalue weighted by Gasteiger charge is 2.21. The topological polar surface area (TPSA) is 65.9 Å². The van der Waals surface area contributed by atoms with Crippen molar-refractivity contribution in [2.24, 2.45) is 11.1 Å². The van der Waals surface area contributed by atoms with E-state index in [1.165, 1.54) is 0 Å². The van der Waals surface area contributed by atoms with Crippen molar-refractivity contribution < 1.29 is 0 Å². The minimum Gasteiger partial charge on any atom is -0.369 e. The molecule has 1 aromatic heterocycles. The summed E-state index contributed by atoms with van der Waals surface area (Å²) >= 11 is 0. The fraction of sp³-hybridized carbons (Fsp3) is 0.571. The highest BCUT2D eigenvalue weighted by atomic mass is 15.1. The lowest BCUT2D eigenvalue weighted by Crippen LogP contribution is -2.39. The number of hydrogen-bond donors (Lipinski definition) is 1. The van der Waals surface area contributed by atoms with Crippen LogP contribution >= 0.6 is 0 Å². The van der Waals surface area contributed by atoms with Crippen LogP contribution in [0.3, 0.4) is 0 Å². The van der Waals surface area contributed by atoms with Gasteiger partial charge in [0.1, 0.15) is 6.07 Å². The van der Waals surface area contributed by atoms with Crippen molar-refractivity contribution in [2.75, 3.05) is 24.5 Å². The second-order valence-corrected chi connectivity index (χ2v) is 5.29. The second-order valence-electron chi connectivity index (χ2n) is 5.29. The van der Waals surface area contributed by atoms with E-state index in [-0.39, 0.29) is 5.41 Å². The van der Waals surface area contributed by atoms with Crippen LogP contribution in [-0.4, -0.2) is 24.6 Å². The smallest absolute Gasteiger partial charge is 0.101 e. The molecular formula is C14H22N4. The predicted molar refractivity (Wildman–Crippen MR) is 74.3 cm³/mol. The van der Waals surface area contributed by atoms with Crippen molar-refractivity contribution in [1.82, 2.24) is 4.98 Å². The molecule has 0 amide bonds. The van der Waals surface area contributed by atoms with Crippen LogP contribution in [0, 0.1) is 16.7 Å². The molecule has 0 aliphatic heterocycles. The zero-order chi connectivity index (χ0) is 13.6. The summed E-state index contributed by atoms with van der Waals surface area (Å²) in [4.78, 5) is 6.34. The van der Waals surface area contributed by atoms with E-state index >= 15 is 0 Å². The first-order valence-corrected chi connectivity index (χ1v) is 6.33. The van der Waals surface area contributed by atoms with Crippen molar-refractivity contribution in [2.45, 2.75) is 27.2 Å². The third kappa shape index (κ3) is 3.71. The number of hydrogen-bond acceptors (Lipinski definition) is 4. The number of nitriles is 1. The van der Waals surface area contributed by atoms with Gasteiger partial charge < -0.3 is 10.6 Å². The molecule has 18 heavy (non-hydrogen) atoms. The summed E-state index contributed by atoms with van der Waals surface area (Å²) in [6.45, 7) is 8.76. The number of anilines is 1. The molecule has 1 rings (SSSR count). The van der Waals surface area contributed by atoms with E-state index in [0.29, 0.717) is 12.1 Å². The van der Waals surface area contributed by atoms with Gasteiger partial charge in [-0.15, -0.1) is 0 Å². The standard InChI is InChI=1S/C14H22N4/c1-4-7-18(11-14(2,3)10-16)13-9-17-6-5-12(13)8-15/h5-6,9H,4,7,10-11,16H2,1-3H3. The lowest BCUT2D eigenvalue weighted by Gasteiger charge is -2.33. The molecule has 0 unspecified atom stereocenters. The maximum atomic E-state index is 9.16. The van der Waals surface area contributed by atoms with Crippen LogP contribution in [0.15, 0.2) is 18.5 Å². The summed E-state index contributed by atoms with van der Waals surface area (Å²) in [5, 5.41) is 9.16. The molecule has 0 aliphatic rings. The monoisotopic (exact) mass is 246 g/mol. The number of rotatable bonds is 6. The Morgan fingerprint density at radius 1 is 1.50 bits per heavy atom. The highest BCUT2D eigenvalue weighted by Crippen LogP contribution is 2.23. The van der Waals surface area contributed by atoms with Gasteiger partial charge >= 0.3 is 0 Å². The van der Waals surface area contributed by atoms with Gasteiger partial charge in [-0.2, -0.15) is 5.26 Å². The molecule has 1 aromatic rings. The first-order valence-electron chi connectivity index (χ1n) is 6.33. The molecule has 4 heteroatoms. The predicted octanol–water partition coefficient (Wildman–Crippen LogP) is 2.15. The summed E-state index contributed by atoms with van der Waals surface area (Å²) in [5.41, 5.74) is 7.40. The van der Waals surface area contributed by atoms with Gasteiger partial charge in [-0.05, 0) is 24.4 Å². The largest absolute Gasteiger partial charge is 0.369 e. The Morgan fingerprint density at radius 2 is 2.22 bits per heavy atom. The van der Waals surface area contributed by atoms with Crippen molar-refractivity contribution in [3.8, 4) is 6.07 Å². The molecule has 0 aliphatic carbocycles. The van der Waals surface area contributed by atoms with Crippen molar-refractivity contribution >= 4 is 5.69 Å². The first kappa shape index (κ1) is 14.5. The van der Waals surface area contributed by atoms with Gasteiger partial charge in [0.25, 0.3) is 0 Å². The maximum Gasteiger partial charge on any atom is 0.101 e. The summed E-state index contributed by atoms with van der Waals surface area (Å²) < 4.78 is 0. The molecule has 0 spiro atoms. The molecule has 98 valence electrons. The molecule has 0 fully saturated rings. The van der Waals surface area contributed by atoms with Gasteiger partial charge in [-0.1, -0.05) is 20.8 Å². The van der Waals surface area contributed by atoms with Crippen LogP contribution in [0.25, 0.3) is 0 Å². The van der Waals surface area contributed by atoms with Gasteiger partial charge in [0, 0.05) is 19.3 Å². The van der Waals surface area contributed by atoms with Gasteiger partial charge in [-0.3, -0.25) is 4.98 Å². The lowest BCUT2D eigenvalue weighted by molar-refractivity contribution is 0.377. The summed E-state index contributed by atoms with van der Waals surface area (Å²) in [6, 6.07) is 3.98. The zero-order valence-electron chi connectivity index (χ0n) is 11.5. The first-order chi connectivity index (χ1) is 8.54. The van der Waals surface area contributed by atoms with Gasteiger partial charge in [-0.25, -0.2) is 0 Å². The quantitative estimate of drug-likeness (QED) is 0.835. The van der Waals surface area contributed by atoms with Crippen LogP contribution < -0.4 is 10.6 Å². The molecule has 0 saturated heterocycles. The van der Waals surface area contributed by atoms with Crippen LogP contribution in [-0.2, 0) is 0 Å². The molecule has 0 radical (unpaired) electrons. The summed E-state index contributed by atoms with van der Waals surface area (Å²) in [7, 11) is 0. The lowest BCUT2D eigenvalue weighted by atomic mass is 9.92. The third-order valence-electron chi connectivity index (χ3n) is 2.93. The average molecular weight is 246 g/mol. The maximum absolute atomic E-state index is 9.16. The average Bonchev–Trinajstić information content (AvgIpc) is 2.38. The molecule has 0 aromatic carbocycles. The fourth-order valence-corrected chi connectivity index (χ4v) is 1.87. The Labute approximate surface area is 109 Å². The molecule has 4 nitrogen and oxygen atoms in total. The zero-order valence-corrected chi connectivity index (χ0v) is 11.5. The van der Waals surface area contributed by atoms with E-state index in [2.05, 4.69) is 36.7 Å². The summed E-state index contributed by atoms with van der Waals surface area (Å²) in [6.07, 6.45) is 4.45. The number of nitrogens with two attached hydrogens (primary N) is 1. The number of aromatic nitrogens is 1. The van der Waals surface area contributed by atoms with E-state index in [1.807, 2.05) is 0 Å². The van der Waals surface area contributed by atoms with E-state index in [0.717, 1.165) is 25.2 Å². The Bertz CT molecular complexity index is 420. The van der Waals surface area contributed by atoms with Crippen LogP contribution in [0.2, 0.25) is 0 Å². The van der Waals surface area contributed by atoms with Gasteiger partial charge in [0.15, 0.2) is 0 Å². The molecule has 0 atom stereocenters. The van der Waals surface area contributed by atoms with Crippen molar-refractivity contribution in [3.63, 3.8) is 0 Å². The number of nitrogens with zero attached hydrogens (tertiary/aromatic N) is 3. The SMILES string of the molecule is CCCN(CC(C)(C)CN)c1cnccc1C#N. The van der Waals surface area contributed by atoms with E-state index in [1.54, 1.807) is 18.5 Å². The second kappa shape index (κ2) is 6.36. The molecule has 2 N–H and O–H groups in total. The minimum absolute atomic E-state index is 0.0255. The normalized spacial score (nSPS) is 11.1.